The lowest BCUT2D eigenvalue weighted by molar-refractivity contribution is -0.136. The van der Waals surface area contributed by atoms with Gasteiger partial charge >= 0.3 is 6.03 Å². The van der Waals surface area contributed by atoms with Crippen molar-refractivity contribution < 1.29 is 14.4 Å². The highest BCUT2D eigenvalue weighted by atomic mass is 35.5. The lowest BCUT2D eigenvalue weighted by Crippen LogP contribution is -2.54. The van der Waals surface area contributed by atoms with Crippen LogP contribution in [0.2, 0.25) is 10.0 Å². The molecule has 1 spiro atoms. The molecule has 1 saturated heterocycles. The third kappa shape index (κ3) is 3.79. The number of nitrogens with one attached hydrogen (secondary N) is 2. The molecule has 2 aliphatic rings. The zero-order chi connectivity index (χ0) is 21.5. The number of amides is 4. The van der Waals surface area contributed by atoms with Gasteiger partial charge in [0.2, 0.25) is 5.91 Å². The fourth-order valence-electron chi connectivity index (χ4n) is 4.09. The first-order valence-electron chi connectivity index (χ1n) is 9.65. The number of anilines is 1. The predicted octanol–water partition coefficient (Wildman–Crippen LogP) is 4.56. The third-order valence-electron chi connectivity index (χ3n) is 5.76. The van der Waals surface area contributed by atoms with Gasteiger partial charge in [-0.15, -0.1) is 11.3 Å². The van der Waals surface area contributed by atoms with Gasteiger partial charge in [-0.1, -0.05) is 43.0 Å². The van der Waals surface area contributed by atoms with Gasteiger partial charge < -0.3 is 10.6 Å². The number of nitrogens with zero attached hydrogens (tertiary/aromatic N) is 2. The summed E-state index contributed by atoms with van der Waals surface area (Å²) in [7, 11) is 0. The fraction of sp³-hybridized carbons (Fsp3) is 0.400. The molecule has 2 heterocycles. The molecule has 2 aromatic rings. The summed E-state index contributed by atoms with van der Waals surface area (Å²) in [4.78, 5) is 43.3. The van der Waals surface area contributed by atoms with E-state index in [2.05, 4.69) is 15.6 Å². The number of imide groups is 1. The smallest absolute Gasteiger partial charge is 0.323 e. The van der Waals surface area contributed by atoms with E-state index in [1.165, 1.54) is 11.3 Å². The zero-order valence-electron chi connectivity index (χ0n) is 16.2. The minimum absolute atomic E-state index is 0.0414. The third-order valence-corrected chi connectivity index (χ3v) is 7.08. The van der Waals surface area contributed by atoms with Crippen LogP contribution in [-0.4, -0.2) is 39.8 Å². The van der Waals surface area contributed by atoms with Gasteiger partial charge in [0.15, 0.2) is 5.13 Å². The maximum Gasteiger partial charge on any atom is 0.325 e. The maximum absolute atomic E-state index is 13.0. The van der Waals surface area contributed by atoms with Crippen LogP contribution in [0.3, 0.4) is 0 Å². The van der Waals surface area contributed by atoms with Crippen LogP contribution in [0.4, 0.5) is 9.93 Å². The SMILES string of the molecule is CC1CCCCC12NC(=O)N(CC(=O)Nc1nc(-c3cc(Cl)ccc3Cl)cs1)C2=O. The Morgan fingerprint density at radius 3 is 2.93 bits per heavy atom. The van der Waals surface area contributed by atoms with Crippen molar-refractivity contribution in [2.45, 2.75) is 38.1 Å². The molecule has 30 heavy (non-hydrogen) atoms. The van der Waals surface area contributed by atoms with E-state index in [9.17, 15) is 14.4 Å². The standard InChI is InChI=1S/C20H20Cl2N4O3S/c1-11-4-2-3-7-20(11)17(28)26(19(29)25-20)9-16(27)24-18-23-15(10-30-18)13-8-12(21)5-6-14(13)22/h5-6,8,10-11H,2-4,7,9H2,1H3,(H,25,29)(H,23,24,27). The van der Waals surface area contributed by atoms with Gasteiger partial charge in [0.1, 0.15) is 12.1 Å². The number of hydrogen-bond acceptors (Lipinski definition) is 5. The number of urea groups is 1. The summed E-state index contributed by atoms with van der Waals surface area (Å²) in [6.45, 7) is 1.62. The van der Waals surface area contributed by atoms with Crippen molar-refractivity contribution >= 4 is 57.5 Å². The van der Waals surface area contributed by atoms with Crippen LogP contribution in [0.25, 0.3) is 11.3 Å². The molecule has 7 nitrogen and oxygen atoms in total. The monoisotopic (exact) mass is 466 g/mol. The van der Waals surface area contributed by atoms with E-state index in [1.807, 2.05) is 6.92 Å². The van der Waals surface area contributed by atoms with E-state index in [-0.39, 0.29) is 18.4 Å². The van der Waals surface area contributed by atoms with Gasteiger partial charge in [-0.05, 0) is 37.0 Å². The average Bonchev–Trinajstić information content (AvgIpc) is 3.25. The molecule has 1 aromatic carbocycles. The number of benzene rings is 1. The molecule has 2 unspecified atom stereocenters. The van der Waals surface area contributed by atoms with Crippen LogP contribution in [-0.2, 0) is 9.59 Å². The molecule has 2 atom stereocenters. The first kappa shape index (κ1) is 21.1. The normalized spacial score (nSPS) is 23.7. The molecule has 10 heteroatoms. The summed E-state index contributed by atoms with van der Waals surface area (Å²) in [6.07, 6.45) is 3.40. The first-order chi connectivity index (χ1) is 14.3. The van der Waals surface area contributed by atoms with E-state index in [4.69, 9.17) is 23.2 Å². The second-order valence-electron chi connectivity index (χ2n) is 7.65. The van der Waals surface area contributed by atoms with Crippen molar-refractivity contribution in [2.24, 2.45) is 5.92 Å². The molecule has 2 fully saturated rings. The summed E-state index contributed by atoms with van der Waals surface area (Å²) >= 11 is 13.4. The number of carbonyl (C=O) groups is 3. The van der Waals surface area contributed by atoms with E-state index < -0.39 is 17.5 Å². The second-order valence-corrected chi connectivity index (χ2v) is 9.35. The Morgan fingerprint density at radius 2 is 2.17 bits per heavy atom. The zero-order valence-corrected chi connectivity index (χ0v) is 18.5. The Bertz CT molecular complexity index is 1030. The molecular weight excluding hydrogens is 447 g/mol. The fourth-order valence-corrected chi connectivity index (χ4v) is 5.20. The van der Waals surface area contributed by atoms with Gasteiger partial charge in [-0.25, -0.2) is 9.78 Å². The first-order valence-corrected chi connectivity index (χ1v) is 11.3. The quantitative estimate of drug-likeness (QED) is 0.646. The molecule has 158 valence electrons. The summed E-state index contributed by atoms with van der Waals surface area (Å²) in [5.41, 5.74) is 0.351. The number of hydrogen-bond donors (Lipinski definition) is 2. The Morgan fingerprint density at radius 1 is 1.37 bits per heavy atom. The van der Waals surface area contributed by atoms with Crippen LogP contribution in [0.1, 0.15) is 32.6 Å². The van der Waals surface area contributed by atoms with E-state index in [0.29, 0.717) is 32.9 Å². The van der Waals surface area contributed by atoms with Crippen LogP contribution in [0.15, 0.2) is 23.6 Å². The molecule has 0 bridgehead atoms. The van der Waals surface area contributed by atoms with Crippen LogP contribution >= 0.6 is 34.5 Å². The largest absolute Gasteiger partial charge is 0.325 e. The summed E-state index contributed by atoms with van der Waals surface area (Å²) in [6, 6.07) is 4.54. The highest BCUT2D eigenvalue weighted by Crippen LogP contribution is 2.38. The molecule has 2 N–H and O–H groups in total. The molecule has 0 radical (unpaired) electrons. The molecule has 1 aliphatic heterocycles. The van der Waals surface area contributed by atoms with Gasteiger partial charge in [0, 0.05) is 16.0 Å². The van der Waals surface area contributed by atoms with Crippen LogP contribution < -0.4 is 10.6 Å². The van der Waals surface area contributed by atoms with E-state index in [0.717, 1.165) is 24.2 Å². The molecule has 1 saturated carbocycles. The molecule has 4 amide bonds. The number of thiazole rings is 1. The van der Waals surface area contributed by atoms with Crippen molar-refractivity contribution in [1.82, 2.24) is 15.2 Å². The Labute approximate surface area is 187 Å². The van der Waals surface area contributed by atoms with Crippen LogP contribution in [0, 0.1) is 5.92 Å². The number of aromatic nitrogens is 1. The number of carbonyl (C=O) groups excluding carboxylic acids is 3. The van der Waals surface area contributed by atoms with Gasteiger partial charge in [0.25, 0.3) is 5.91 Å². The Balaban J connectivity index is 1.44. The van der Waals surface area contributed by atoms with Gasteiger partial charge in [0.05, 0.1) is 10.7 Å². The van der Waals surface area contributed by atoms with Gasteiger partial charge in [-0.3, -0.25) is 14.5 Å². The highest BCUT2D eigenvalue weighted by molar-refractivity contribution is 7.14. The lowest BCUT2D eigenvalue weighted by atomic mass is 9.73. The van der Waals surface area contributed by atoms with Crippen molar-refractivity contribution in [2.75, 3.05) is 11.9 Å². The maximum atomic E-state index is 13.0. The predicted molar refractivity (Wildman–Crippen MR) is 117 cm³/mol. The summed E-state index contributed by atoms with van der Waals surface area (Å²) < 4.78 is 0. The highest BCUT2D eigenvalue weighted by Gasteiger charge is 2.55. The van der Waals surface area contributed by atoms with Gasteiger partial charge in [-0.2, -0.15) is 0 Å². The van der Waals surface area contributed by atoms with E-state index in [1.54, 1.807) is 23.6 Å². The Hall–Kier alpha value is -2.16. The molecule has 1 aromatic heterocycles. The van der Waals surface area contributed by atoms with Crippen LogP contribution in [0.5, 0.6) is 0 Å². The Kier molecular flexibility index (Phi) is 5.74. The number of halogens is 2. The summed E-state index contributed by atoms with van der Waals surface area (Å²) in [5, 5.41) is 8.61. The van der Waals surface area contributed by atoms with Crippen molar-refractivity contribution in [1.29, 1.82) is 0 Å². The molecular formula is C20H20Cl2N4O3S. The topological polar surface area (TPSA) is 91.4 Å². The lowest BCUT2D eigenvalue weighted by Gasteiger charge is -2.36. The number of rotatable bonds is 4. The minimum atomic E-state index is -0.882. The average molecular weight is 467 g/mol. The van der Waals surface area contributed by atoms with Crippen molar-refractivity contribution in [3.05, 3.63) is 33.6 Å². The molecule has 4 rings (SSSR count). The van der Waals surface area contributed by atoms with Crippen molar-refractivity contribution in [3.63, 3.8) is 0 Å². The molecule has 1 aliphatic carbocycles. The van der Waals surface area contributed by atoms with E-state index >= 15 is 0 Å². The second kappa shape index (κ2) is 8.17. The minimum Gasteiger partial charge on any atom is -0.323 e. The summed E-state index contributed by atoms with van der Waals surface area (Å²) in [5.74, 6) is -0.766. The van der Waals surface area contributed by atoms with Crippen molar-refractivity contribution in [3.8, 4) is 11.3 Å².